The van der Waals surface area contributed by atoms with E-state index in [9.17, 15) is 5.11 Å². The molecule has 0 bridgehead atoms. The molecular weight excluding hydrogens is 216 g/mol. The van der Waals surface area contributed by atoms with Gasteiger partial charge in [-0.3, -0.25) is 4.98 Å². The minimum Gasteiger partial charge on any atom is -0.492 e. The highest BCUT2D eigenvalue weighted by Crippen LogP contribution is 2.30. The fourth-order valence-electron chi connectivity index (χ4n) is 1.12. The van der Waals surface area contributed by atoms with Crippen LogP contribution in [0, 0.1) is 0 Å². The average Bonchev–Trinajstić information content (AvgIpc) is 2.24. The van der Waals surface area contributed by atoms with Crippen molar-refractivity contribution in [3.8, 4) is 17.3 Å². The van der Waals surface area contributed by atoms with Crippen molar-refractivity contribution >= 4 is 17.5 Å². The van der Waals surface area contributed by atoms with Crippen molar-refractivity contribution in [2.45, 2.75) is 0 Å². The van der Waals surface area contributed by atoms with Crippen molar-refractivity contribution in [2.75, 3.05) is 5.73 Å². The van der Waals surface area contributed by atoms with Crippen LogP contribution in [-0.4, -0.2) is 20.1 Å². The maximum atomic E-state index is 9.35. The Labute approximate surface area is 90.6 Å². The molecule has 2 aromatic heterocycles. The Bertz CT molecular complexity index is 489. The van der Waals surface area contributed by atoms with Crippen molar-refractivity contribution in [1.82, 2.24) is 15.0 Å². The fourth-order valence-corrected chi connectivity index (χ4v) is 1.31. The monoisotopic (exact) mass is 222 g/mol. The van der Waals surface area contributed by atoms with E-state index >= 15 is 0 Å². The maximum absolute atomic E-state index is 9.35. The third-order valence-electron chi connectivity index (χ3n) is 1.76. The van der Waals surface area contributed by atoms with Gasteiger partial charge in [0.15, 0.2) is 0 Å². The Balaban J connectivity index is 2.63. The van der Waals surface area contributed by atoms with Gasteiger partial charge in [0, 0.05) is 6.20 Å². The van der Waals surface area contributed by atoms with Gasteiger partial charge in [-0.1, -0.05) is 17.7 Å². The van der Waals surface area contributed by atoms with Gasteiger partial charge in [0.25, 0.3) is 0 Å². The fraction of sp³-hybridized carbons (Fsp3) is 0. The molecule has 3 N–H and O–H groups in total. The third-order valence-corrected chi connectivity index (χ3v) is 2.11. The van der Waals surface area contributed by atoms with Crippen LogP contribution in [0.5, 0.6) is 5.88 Å². The molecule has 5 nitrogen and oxygen atoms in total. The number of pyridine rings is 1. The zero-order valence-corrected chi connectivity index (χ0v) is 8.31. The molecule has 2 heterocycles. The molecule has 0 atom stereocenters. The SMILES string of the molecule is Nc1nc(O)c(Cl)c(-c2ccccn2)n1. The predicted octanol–water partition coefficient (Wildman–Crippen LogP) is 1.48. The molecule has 0 spiro atoms. The minimum atomic E-state index is -0.343. The number of nitrogens with two attached hydrogens (primary N) is 1. The van der Waals surface area contributed by atoms with Crippen molar-refractivity contribution in [3.63, 3.8) is 0 Å². The van der Waals surface area contributed by atoms with E-state index in [1.165, 1.54) is 0 Å². The molecule has 2 aromatic rings. The van der Waals surface area contributed by atoms with Gasteiger partial charge < -0.3 is 10.8 Å². The van der Waals surface area contributed by atoms with Gasteiger partial charge in [-0.2, -0.15) is 4.98 Å². The van der Waals surface area contributed by atoms with Crippen LogP contribution in [0.1, 0.15) is 0 Å². The van der Waals surface area contributed by atoms with E-state index in [-0.39, 0.29) is 16.9 Å². The van der Waals surface area contributed by atoms with Crippen LogP contribution < -0.4 is 5.73 Å². The van der Waals surface area contributed by atoms with E-state index in [1.807, 2.05) is 0 Å². The highest BCUT2D eigenvalue weighted by molar-refractivity contribution is 6.34. The molecule has 0 fully saturated rings. The van der Waals surface area contributed by atoms with E-state index in [0.717, 1.165) is 0 Å². The second-order valence-electron chi connectivity index (χ2n) is 2.78. The summed E-state index contributed by atoms with van der Waals surface area (Å²) < 4.78 is 0. The summed E-state index contributed by atoms with van der Waals surface area (Å²) >= 11 is 5.83. The largest absolute Gasteiger partial charge is 0.492 e. The van der Waals surface area contributed by atoms with Gasteiger partial charge in [-0.25, -0.2) is 4.98 Å². The molecule has 2 rings (SSSR count). The molecule has 0 aliphatic carbocycles. The number of hydrogen-bond acceptors (Lipinski definition) is 5. The van der Waals surface area contributed by atoms with E-state index in [4.69, 9.17) is 17.3 Å². The first-order valence-electron chi connectivity index (χ1n) is 4.12. The summed E-state index contributed by atoms with van der Waals surface area (Å²) in [5, 5.41) is 9.40. The number of halogens is 1. The summed E-state index contributed by atoms with van der Waals surface area (Å²) in [5.41, 5.74) is 6.25. The predicted molar refractivity (Wildman–Crippen MR) is 56.4 cm³/mol. The maximum Gasteiger partial charge on any atom is 0.235 e. The summed E-state index contributed by atoms with van der Waals surface area (Å²) in [6.07, 6.45) is 1.60. The first-order valence-corrected chi connectivity index (χ1v) is 4.49. The Morgan fingerprint density at radius 3 is 2.73 bits per heavy atom. The highest BCUT2D eigenvalue weighted by atomic mass is 35.5. The van der Waals surface area contributed by atoms with Crippen LogP contribution in [-0.2, 0) is 0 Å². The lowest BCUT2D eigenvalue weighted by Gasteiger charge is -2.04. The lowest BCUT2D eigenvalue weighted by atomic mass is 10.2. The van der Waals surface area contributed by atoms with Gasteiger partial charge in [-0.05, 0) is 12.1 Å². The topological polar surface area (TPSA) is 84.9 Å². The second-order valence-corrected chi connectivity index (χ2v) is 3.16. The summed E-state index contributed by atoms with van der Waals surface area (Å²) in [6.45, 7) is 0. The Morgan fingerprint density at radius 1 is 1.27 bits per heavy atom. The van der Waals surface area contributed by atoms with Gasteiger partial charge >= 0.3 is 0 Å². The molecule has 0 aliphatic heterocycles. The van der Waals surface area contributed by atoms with Crippen LogP contribution in [0.3, 0.4) is 0 Å². The van der Waals surface area contributed by atoms with Gasteiger partial charge in [-0.15, -0.1) is 0 Å². The minimum absolute atomic E-state index is 0.0439. The first-order chi connectivity index (χ1) is 7.18. The van der Waals surface area contributed by atoms with Crippen molar-refractivity contribution in [2.24, 2.45) is 0 Å². The molecule has 0 saturated heterocycles. The molecule has 0 amide bonds. The van der Waals surface area contributed by atoms with Crippen LogP contribution >= 0.6 is 11.6 Å². The zero-order chi connectivity index (χ0) is 10.8. The first kappa shape index (κ1) is 9.67. The molecule has 6 heteroatoms. The van der Waals surface area contributed by atoms with Gasteiger partial charge in [0.05, 0.1) is 5.69 Å². The Hall–Kier alpha value is -1.88. The number of hydrogen-bond donors (Lipinski definition) is 2. The number of aromatic nitrogens is 3. The summed E-state index contributed by atoms with van der Waals surface area (Å²) in [5.74, 6) is -0.387. The summed E-state index contributed by atoms with van der Waals surface area (Å²) in [4.78, 5) is 11.5. The van der Waals surface area contributed by atoms with Crippen LogP contribution in [0.25, 0.3) is 11.4 Å². The Morgan fingerprint density at radius 2 is 2.07 bits per heavy atom. The second kappa shape index (κ2) is 3.70. The summed E-state index contributed by atoms with van der Waals surface area (Å²) in [6, 6.07) is 5.27. The van der Waals surface area contributed by atoms with Crippen LogP contribution in [0.4, 0.5) is 5.95 Å². The molecule has 0 aliphatic rings. The normalized spacial score (nSPS) is 10.2. The molecule has 0 unspecified atom stereocenters. The lowest BCUT2D eigenvalue weighted by Crippen LogP contribution is -1.98. The smallest absolute Gasteiger partial charge is 0.235 e. The van der Waals surface area contributed by atoms with E-state index in [0.29, 0.717) is 11.4 Å². The third kappa shape index (κ3) is 1.82. The molecule has 15 heavy (non-hydrogen) atoms. The number of rotatable bonds is 1. The lowest BCUT2D eigenvalue weighted by molar-refractivity contribution is 0.454. The average molecular weight is 223 g/mol. The standard InChI is InChI=1S/C9H7ClN4O/c10-6-7(5-3-1-2-4-12-5)13-9(11)14-8(6)15/h1-4H,(H3,11,13,14,15). The van der Waals surface area contributed by atoms with Gasteiger partial charge in [0.1, 0.15) is 10.7 Å². The van der Waals surface area contributed by atoms with E-state index in [2.05, 4.69) is 15.0 Å². The number of aromatic hydroxyl groups is 1. The van der Waals surface area contributed by atoms with Gasteiger partial charge in [0.2, 0.25) is 11.8 Å². The number of anilines is 1. The quantitative estimate of drug-likeness (QED) is 0.764. The van der Waals surface area contributed by atoms with Crippen LogP contribution in [0.15, 0.2) is 24.4 Å². The highest BCUT2D eigenvalue weighted by Gasteiger charge is 2.12. The van der Waals surface area contributed by atoms with Crippen molar-refractivity contribution in [3.05, 3.63) is 29.4 Å². The molecule has 76 valence electrons. The number of nitrogens with zero attached hydrogens (tertiary/aromatic N) is 3. The number of nitrogen functional groups attached to an aromatic ring is 1. The van der Waals surface area contributed by atoms with Crippen LogP contribution in [0.2, 0.25) is 5.02 Å². The molecule has 0 aromatic carbocycles. The zero-order valence-electron chi connectivity index (χ0n) is 7.55. The Kier molecular flexibility index (Phi) is 2.39. The molecule has 0 saturated carbocycles. The van der Waals surface area contributed by atoms with E-state index < -0.39 is 0 Å². The van der Waals surface area contributed by atoms with Crippen molar-refractivity contribution < 1.29 is 5.11 Å². The molecule has 0 radical (unpaired) electrons. The van der Waals surface area contributed by atoms with Crippen molar-refractivity contribution in [1.29, 1.82) is 0 Å². The van der Waals surface area contributed by atoms with E-state index in [1.54, 1.807) is 24.4 Å². The summed E-state index contributed by atoms with van der Waals surface area (Å²) in [7, 11) is 0. The molecular formula is C9H7ClN4O.